The summed E-state index contributed by atoms with van der Waals surface area (Å²) in [5.41, 5.74) is 3.94. The number of fused-ring (bicyclic) bond motifs is 2. The molecule has 2 heterocycles. The number of carbonyl (C=O) groups is 7. The number of rotatable bonds is 20. The van der Waals surface area contributed by atoms with Gasteiger partial charge in [0.25, 0.3) is 12.4 Å². The van der Waals surface area contributed by atoms with Crippen molar-refractivity contribution in [2.24, 2.45) is 17.8 Å². The number of amides is 5. The van der Waals surface area contributed by atoms with Crippen molar-refractivity contribution in [3.8, 4) is 11.5 Å². The number of likely N-dealkylation sites (tertiary alicyclic amines) is 2. The first-order chi connectivity index (χ1) is 34.7. The Balaban J connectivity index is 0.00000275. The number of carboxylic acid groups (broad SMARTS) is 1. The monoisotopic (exact) mass is 1000 g/mol. The number of ether oxygens (including phenoxy) is 3. The Labute approximate surface area is 423 Å². The third-order valence-electron chi connectivity index (χ3n) is 15.3. The van der Waals surface area contributed by atoms with E-state index in [0.29, 0.717) is 51.4 Å². The van der Waals surface area contributed by atoms with Crippen molar-refractivity contribution in [3.63, 3.8) is 0 Å². The zero-order chi connectivity index (χ0) is 51.9. The van der Waals surface area contributed by atoms with Crippen LogP contribution < -0.4 is 25.4 Å². The van der Waals surface area contributed by atoms with E-state index in [1.807, 2.05) is 57.2 Å². The summed E-state index contributed by atoms with van der Waals surface area (Å²) in [6.45, 7) is 8.30. The van der Waals surface area contributed by atoms with Crippen LogP contribution in [-0.4, -0.2) is 137 Å². The van der Waals surface area contributed by atoms with Crippen LogP contribution >= 0.6 is 0 Å². The van der Waals surface area contributed by atoms with Crippen molar-refractivity contribution in [2.75, 3.05) is 39.5 Å². The van der Waals surface area contributed by atoms with Crippen LogP contribution in [0.2, 0.25) is 0 Å². The topological polar surface area (TPSA) is 250 Å². The van der Waals surface area contributed by atoms with Gasteiger partial charge in [0.15, 0.2) is 0 Å². The Morgan fingerprint density at radius 3 is 1.67 bits per heavy atom. The molecule has 396 valence electrons. The number of aliphatic hydroxyl groups excluding tert-OH is 2. The zero-order valence-electron chi connectivity index (χ0n) is 42.5. The van der Waals surface area contributed by atoms with Crippen LogP contribution in [0.15, 0.2) is 36.4 Å². The average Bonchev–Trinajstić information content (AvgIpc) is 3.99. The van der Waals surface area contributed by atoms with Crippen LogP contribution in [0.3, 0.4) is 0 Å². The highest BCUT2D eigenvalue weighted by Gasteiger charge is 2.45. The molecule has 18 nitrogen and oxygen atoms in total. The van der Waals surface area contributed by atoms with E-state index in [1.165, 1.54) is 9.80 Å². The summed E-state index contributed by atoms with van der Waals surface area (Å²) in [5.74, 6) is -1.67. The highest BCUT2D eigenvalue weighted by Crippen LogP contribution is 2.38. The summed E-state index contributed by atoms with van der Waals surface area (Å²) in [5, 5.41) is 37.5. The van der Waals surface area contributed by atoms with Gasteiger partial charge in [-0.25, -0.2) is 0 Å². The minimum Gasteiger partial charge on any atom is -0.491 e. The van der Waals surface area contributed by atoms with Crippen molar-refractivity contribution in [1.82, 2.24) is 25.8 Å². The normalized spacial score (nSPS) is 24.0. The zero-order valence-corrected chi connectivity index (χ0v) is 42.5. The number of hydrogen-bond acceptors (Lipinski definition) is 12. The van der Waals surface area contributed by atoms with Gasteiger partial charge in [-0.15, -0.1) is 0 Å². The second-order valence-electron chi connectivity index (χ2n) is 20.1. The minimum absolute atomic E-state index is 0.00983. The fourth-order valence-electron chi connectivity index (χ4n) is 10.9. The van der Waals surface area contributed by atoms with Crippen LogP contribution in [0.5, 0.6) is 11.5 Å². The maximum atomic E-state index is 14.3. The molecule has 0 aromatic heterocycles. The van der Waals surface area contributed by atoms with Gasteiger partial charge in [-0.05, 0) is 105 Å². The summed E-state index contributed by atoms with van der Waals surface area (Å²) in [7, 11) is 0. The summed E-state index contributed by atoms with van der Waals surface area (Å²) in [6.07, 6.45) is 9.04. The van der Waals surface area contributed by atoms with E-state index in [1.54, 1.807) is 6.92 Å². The lowest BCUT2D eigenvalue weighted by Crippen LogP contribution is -2.57. The number of benzene rings is 2. The van der Waals surface area contributed by atoms with Crippen molar-refractivity contribution in [2.45, 2.75) is 166 Å². The van der Waals surface area contributed by atoms with Crippen LogP contribution in [0.1, 0.15) is 146 Å². The van der Waals surface area contributed by atoms with Crippen molar-refractivity contribution in [1.29, 1.82) is 0 Å². The maximum Gasteiger partial charge on any atom is 0.290 e. The van der Waals surface area contributed by atoms with E-state index in [2.05, 4.69) is 16.0 Å². The molecule has 2 aliphatic heterocycles. The molecule has 0 unspecified atom stereocenters. The Bertz CT molecular complexity index is 2200. The van der Waals surface area contributed by atoms with E-state index >= 15 is 0 Å². The molecule has 18 heteroatoms. The van der Waals surface area contributed by atoms with Crippen molar-refractivity contribution in [3.05, 3.63) is 58.7 Å². The second-order valence-corrected chi connectivity index (χ2v) is 20.1. The molecule has 0 spiro atoms. The first-order valence-electron chi connectivity index (χ1n) is 26.3. The first-order valence-corrected chi connectivity index (χ1v) is 26.3. The smallest absolute Gasteiger partial charge is 0.290 e. The Morgan fingerprint density at radius 1 is 0.681 bits per heavy atom. The van der Waals surface area contributed by atoms with Gasteiger partial charge in [0.05, 0.1) is 37.5 Å². The predicted molar refractivity (Wildman–Crippen MR) is 266 cm³/mol. The number of ketones is 1. The number of aliphatic hydroxyl groups is 2. The lowest BCUT2D eigenvalue weighted by atomic mass is 9.83. The van der Waals surface area contributed by atoms with Gasteiger partial charge in [-0.1, -0.05) is 71.2 Å². The summed E-state index contributed by atoms with van der Waals surface area (Å²) in [4.78, 5) is 91.9. The molecule has 0 bridgehead atoms. The van der Waals surface area contributed by atoms with Gasteiger partial charge >= 0.3 is 0 Å². The van der Waals surface area contributed by atoms with Crippen molar-refractivity contribution >= 4 is 41.8 Å². The molecule has 9 atom stereocenters. The Kier molecular flexibility index (Phi) is 20.8. The molecule has 3 fully saturated rings. The quantitative estimate of drug-likeness (QED) is 0.0609. The van der Waals surface area contributed by atoms with E-state index in [-0.39, 0.29) is 80.0 Å². The van der Waals surface area contributed by atoms with Gasteiger partial charge in [-0.3, -0.25) is 33.6 Å². The molecule has 6 N–H and O–H groups in total. The van der Waals surface area contributed by atoms with E-state index in [0.717, 1.165) is 92.2 Å². The Hall–Kier alpha value is -5.59. The molecule has 1 saturated carbocycles. The predicted octanol–water partition coefficient (Wildman–Crippen LogP) is 4.50. The first kappa shape index (κ1) is 55.7. The molecule has 3 aliphatic carbocycles. The summed E-state index contributed by atoms with van der Waals surface area (Å²) in [6, 6.07) is 8.52. The van der Waals surface area contributed by atoms with Gasteiger partial charge in [0.1, 0.15) is 42.8 Å². The fraction of sp³-hybridized carbons (Fsp3) is 0.648. The molecule has 5 amide bonds. The Morgan fingerprint density at radius 2 is 1.17 bits per heavy atom. The van der Waals surface area contributed by atoms with Crippen LogP contribution in [0, 0.1) is 17.8 Å². The highest BCUT2D eigenvalue weighted by atomic mass is 16.5. The largest absolute Gasteiger partial charge is 0.491 e. The molecule has 2 aromatic carbocycles. The maximum absolute atomic E-state index is 14.3. The van der Waals surface area contributed by atoms with Crippen LogP contribution in [0.4, 0.5) is 0 Å². The molecule has 2 saturated heterocycles. The standard InChI is InChI=1S/C53H75N5O11.CH2O2/c1-5-32(3)48(61)53(66)58-31-36(60)29-44(58)51(64)55-42-21-11-19-40-38(42)17-13-23-46(40)69-27-25-67-24-26-68-45-22-12-16-37-39(45)18-10-20-41(37)54-50(63)43-28-35(59)30-57(43)52(65)47(34-14-8-7-9-15-34)56-49(62)33(4)6-2;2-1-3/h12-13,16-17,22-23,32-36,41-44,47,59-60H,5-11,14-15,18-21,24-31H2,1-4H3,(H,54,63)(H,55,64)(H,56,62);1H,(H,2,3)/t32-,33-,35+,36+,41-,42-,43+,44+,47+;/m1./s1. The number of nitrogens with zero attached hydrogens (tertiary/aromatic N) is 2. The number of β-amino-alcohol motifs (C(OH)–C–C–N with tert-alkyl or cyclic N) is 2. The van der Waals surface area contributed by atoms with Crippen LogP contribution in [0.25, 0.3) is 0 Å². The molecule has 2 aromatic rings. The molecule has 5 aliphatic rings. The molecular weight excluding hydrogens is 927 g/mol. The molecule has 7 rings (SSSR count). The summed E-state index contributed by atoms with van der Waals surface area (Å²) < 4.78 is 18.4. The number of carbonyl (C=O) groups excluding carboxylic acids is 6. The third kappa shape index (κ3) is 13.9. The lowest BCUT2D eigenvalue weighted by molar-refractivity contribution is -0.149. The van der Waals surface area contributed by atoms with E-state index < -0.39 is 47.9 Å². The highest BCUT2D eigenvalue weighted by molar-refractivity contribution is 6.37. The van der Waals surface area contributed by atoms with Crippen LogP contribution in [-0.2, 0) is 51.1 Å². The lowest BCUT2D eigenvalue weighted by Gasteiger charge is -2.35. The molecular formula is C54H77N5O13. The second kappa shape index (κ2) is 26.9. The minimum atomic E-state index is -0.922. The summed E-state index contributed by atoms with van der Waals surface area (Å²) >= 11 is 0. The van der Waals surface area contributed by atoms with E-state index in [9.17, 15) is 39.0 Å². The van der Waals surface area contributed by atoms with Gasteiger partial charge in [0.2, 0.25) is 29.4 Å². The van der Waals surface area contributed by atoms with Gasteiger partial charge in [0, 0.05) is 37.8 Å². The number of hydrogen-bond donors (Lipinski definition) is 6. The van der Waals surface area contributed by atoms with Crippen molar-refractivity contribution < 1.29 is 63.1 Å². The van der Waals surface area contributed by atoms with Gasteiger partial charge < -0.3 is 55.3 Å². The third-order valence-corrected chi connectivity index (χ3v) is 15.3. The number of nitrogens with one attached hydrogen (secondary N) is 3. The molecule has 72 heavy (non-hydrogen) atoms. The van der Waals surface area contributed by atoms with E-state index in [4.69, 9.17) is 24.1 Å². The van der Waals surface area contributed by atoms with Gasteiger partial charge in [-0.2, -0.15) is 0 Å². The molecule has 0 radical (unpaired) electrons. The number of Topliss-reactive ketones (excluding diaryl/α,β-unsaturated/α-hetero) is 1. The average molecular weight is 1000 g/mol. The SMILES string of the molecule is CC[C@@H](C)C(=O)N[C@H](C(=O)N1C[C@@H](O)C[C@H]1C(=O)N[C@@H]1CCCc2c(OCCOCCOc3cccc4c3CCC[C@H]4NC(=O)[C@@H]3C[C@H](O)CN3C(=O)C(=O)[C@H](C)CC)cccc21)C1CCCCC1.O=CO. The fourth-order valence-corrected chi connectivity index (χ4v) is 10.9.